The van der Waals surface area contributed by atoms with E-state index in [1.54, 1.807) is 36.4 Å². The fraction of sp³-hybridized carbons (Fsp3) is 0.115. The van der Waals surface area contributed by atoms with E-state index in [0.717, 1.165) is 16.3 Å². The number of imide groups is 1. The lowest BCUT2D eigenvalue weighted by atomic mass is 10.1. The maximum atomic E-state index is 12.8. The number of hydrogen-bond acceptors (Lipinski definition) is 6. The van der Waals surface area contributed by atoms with E-state index in [0.29, 0.717) is 40.5 Å². The average molecular weight is 466 g/mol. The van der Waals surface area contributed by atoms with Gasteiger partial charge in [0.2, 0.25) is 0 Å². The zero-order chi connectivity index (χ0) is 23.7. The van der Waals surface area contributed by atoms with Gasteiger partial charge in [-0.1, -0.05) is 42.1 Å². The normalized spacial score (nSPS) is 12.6. The van der Waals surface area contributed by atoms with Crippen molar-refractivity contribution in [3.05, 3.63) is 95.1 Å². The van der Waals surface area contributed by atoms with Gasteiger partial charge in [-0.15, -0.1) is 10.2 Å². The van der Waals surface area contributed by atoms with Crippen molar-refractivity contribution in [1.82, 2.24) is 14.8 Å². The van der Waals surface area contributed by atoms with Crippen LogP contribution in [-0.2, 0) is 12.3 Å². The number of rotatable bonds is 6. The van der Waals surface area contributed by atoms with Crippen LogP contribution >= 0.6 is 11.8 Å². The SMILES string of the molecule is CCn1c(SCc2ccccc2C#N)nnc1-c1ccc(N2C(=O)c3ccccc3C2=O)cc1. The van der Waals surface area contributed by atoms with Crippen LogP contribution in [0.3, 0.4) is 0 Å². The van der Waals surface area contributed by atoms with Gasteiger partial charge >= 0.3 is 0 Å². The van der Waals surface area contributed by atoms with Crippen LogP contribution in [0, 0.1) is 11.3 Å². The van der Waals surface area contributed by atoms with E-state index in [1.807, 2.05) is 47.9 Å². The Morgan fingerprint density at radius 3 is 2.18 bits per heavy atom. The molecule has 34 heavy (non-hydrogen) atoms. The Kier molecular flexibility index (Phi) is 5.70. The smallest absolute Gasteiger partial charge is 0.266 e. The summed E-state index contributed by atoms with van der Waals surface area (Å²) >= 11 is 1.53. The third-order valence-electron chi connectivity index (χ3n) is 5.71. The first-order valence-corrected chi connectivity index (χ1v) is 11.7. The van der Waals surface area contributed by atoms with Crippen LogP contribution in [0.15, 0.2) is 78.0 Å². The summed E-state index contributed by atoms with van der Waals surface area (Å²) in [6.45, 7) is 2.69. The molecule has 8 heteroatoms. The molecule has 0 saturated carbocycles. The van der Waals surface area contributed by atoms with E-state index in [1.165, 1.54) is 16.7 Å². The van der Waals surface area contributed by atoms with Gasteiger partial charge in [0.15, 0.2) is 11.0 Å². The van der Waals surface area contributed by atoms with Crippen molar-refractivity contribution in [2.45, 2.75) is 24.4 Å². The largest absolute Gasteiger partial charge is 0.302 e. The number of aromatic nitrogens is 3. The summed E-state index contributed by atoms with van der Waals surface area (Å²) in [5.41, 5.74) is 3.79. The summed E-state index contributed by atoms with van der Waals surface area (Å²) in [5, 5.41) is 18.8. The molecule has 1 aliphatic rings. The van der Waals surface area contributed by atoms with E-state index < -0.39 is 0 Å². The minimum Gasteiger partial charge on any atom is -0.302 e. The van der Waals surface area contributed by atoms with Crippen molar-refractivity contribution in [2.24, 2.45) is 0 Å². The maximum absolute atomic E-state index is 12.8. The molecule has 3 aromatic carbocycles. The van der Waals surface area contributed by atoms with Crippen molar-refractivity contribution in [3.8, 4) is 17.5 Å². The highest BCUT2D eigenvalue weighted by Gasteiger charge is 2.36. The lowest BCUT2D eigenvalue weighted by Crippen LogP contribution is -2.29. The summed E-state index contributed by atoms with van der Waals surface area (Å²) in [4.78, 5) is 26.7. The van der Waals surface area contributed by atoms with Crippen LogP contribution in [0.2, 0.25) is 0 Å². The lowest BCUT2D eigenvalue weighted by Gasteiger charge is -2.14. The Labute approximate surface area is 200 Å². The first-order valence-electron chi connectivity index (χ1n) is 10.7. The Hall–Kier alpha value is -4.22. The lowest BCUT2D eigenvalue weighted by molar-refractivity contribution is 0.0926. The molecule has 4 aromatic rings. The Bertz CT molecular complexity index is 1420. The standard InChI is InChI=1S/C26H19N5O2S/c1-2-30-23(28-29-26(30)34-16-19-8-4-3-7-18(19)15-27)17-11-13-20(14-12-17)31-24(32)21-9-5-6-10-22(21)25(31)33/h3-14H,2,16H2,1H3. The zero-order valence-corrected chi connectivity index (χ0v) is 19.1. The third kappa shape index (κ3) is 3.66. The number of benzene rings is 3. The van der Waals surface area contributed by atoms with Gasteiger partial charge in [0, 0.05) is 17.9 Å². The van der Waals surface area contributed by atoms with Gasteiger partial charge in [-0.25, -0.2) is 4.90 Å². The predicted molar refractivity (Wildman–Crippen MR) is 129 cm³/mol. The third-order valence-corrected chi connectivity index (χ3v) is 6.72. The van der Waals surface area contributed by atoms with Gasteiger partial charge < -0.3 is 4.57 Å². The van der Waals surface area contributed by atoms with Gasteiger partial charge in [-0.3, -0.25) is 9.59 Å². The van der Waals surface area contributed by atoms with Crippen molar-refractivity contribution in [2.75, 3.05) is 4.90 Å². The minimum absolute atomic E-state index is 0.318. The maximum Gasteiger partial charge on any atom is 0.266 e. The second kappa shape index (κ2) is 8.96. The van der Waals surface area contributed by atoms with Crippen molar-refractivity contribution in [3.63, 3.8) is 0 Å². The molecule has 0 aliphatic carbocycles. The number of nitrogens with zero attached hydrogens (tertiary/aromatic N) is 5. The highest BCUT2D eigenvalue weighted by atomic mass is 32.2. The number of amides is 2. The van der Waals surface area contributed by atoms with Gasteiger partial charge in [0.1, 0.15) is 0 Å². The molecule has 2 heterocycles. The molecule has 0 unspecified atom stereocenters. The molecule has 0 bridgehead atoms. The number of carbonyl (C=O) groups excluding carboxylic acids is 2. The van der Waals surface area contributed by atoms with Crippen LogP contribution in [-0.4, -0.2) is 26.6 Å². The predicted octanol–water partition coefficient (Wildman–Crippen LogP) is 4.93. The second-order valence-electron chi connectivity index (χ2n) is 7.65. The molecule has 166 valence electrons. The summed E-state index contributed by atoms with van der Waals surface area (Å²) in [7, 11) is 0. The topological polar surface area (TPSA) is 91.9 Å². The Morgan fingerprint density at radius 2 is 1.53 bits per heavy atom. The number of anilines is 1. The molecule has 0 atom stereocenters. The Balaban J connectivity index is 1.38. The van der Waals surface area contributed by atoms with Crippen molar-refractivity contribution >= 4 is 29.3 Å². The molecule has 7 nitrogen and oxygen atoms in total. The number of hydrogen-bond donors (Lipinski definition) is 0. The van der Waals surface area contributed by atoms with Crippen LogP contribution in [0.5, 0.6) is 0 Å². The molecule has 0 N–H and O–H groups in total. The van der Waals surface area contributed by atoms with Crippen LogP contribution < -0.4 is 4.90 Å². The van der Waals surface area contributed by atoms with E-state index >= 15 is 0 Å². The number of thioether (sulfide) groups is 1. The van der Waals surface area contributed by atoms with E-state index in [2.05, 4.69) is 16.3 Å². The molecule has 5 rings (SSSR count). The van der Waals surface area contributed by atoms with Crippen LogP contribution in [0.4, 0.5) is 5.69 Å². The monoisotopic (exact) mass is 465 g/mol. The second-order valence-corrected chi connectivity index (χ2v) is 8.59. The number of fused-ring (bicyclic) bond motifs is 1. The fourth-order valence-corrected chi connectivity index (χ4v) is 4.98. The summed E-state index contributed by atoms with van der Waals surface area (Å²) in [6.07, 6.45) is 0. The minimum atomic E-state index is -0.318. The highest BCUT2D eigenvalue weighted by molar-refractivity contribution is 7.98. The summed E-state index contributed by atoms with van der Waals surface area (Å²) in [6, 6.07) is 23.8. The molecule has 1 aromatic heterocycles. The average Bonchev–Trinajstić information content (AvgIpc) is 3.41. The summed E-state index contributed by atoms with van der Waals surface area (Å²) in [5.74, 6) is 0.677. The van der Waals surface area contributed by atoms with Crippen LogP contribution in [0.1, 0.15) is 38.8 Å². The van der Waals surface area contributed by atoms with Crippen molar-refractivity contribution in [1.29, 1.82) is 5.26 Å². The number of carbonyl (C=O) groups is 2. The molecule has 0 radical (unpaired) electrons. The van der Waals surface area contributed by atoms with E-state index in [-0.39, 0.29) is 11.8 Å². The zero-order valence-electron chi connectivity index (χ0n) is 18.3. The molecular formula is C26H19N5O2S. The fourth-order valence-electron chi connectivity index (χ4n) is 3.97. The van der Waals surface area contributed by atoms with Gasteiger partial charge in [-0.05, 0) is 55.0 Å². The number of nitriles is 1. The first kappa shape index (κ1) is 21.6. The van der Waals surface area contributed by atoms with Crippen LogP contribution in [0.25, 0.3) is 11.4 Å². The van der Waals surface area contributed by atoms with E-state index in [4.69, 9.17) is 0 Å². The molecule has 0 fully saturated rings. The van der Waals surface area contributed by atoms with Gasteiger partial charge in [0.05, 0.1) is 28.4 Å². The molecule has 2 amide bonds. The van der Waals surface area contributed by atoms with Gasteiger partial charge in [0.25, 0.3) is 11.8 Å². The molecule has 0 saturated heterocycles. The van der Waals surface area contributed by atoms with Gasteiger partial charge in [-0.2, -0.15) is 5.26 Å². The Morgan fingerprint density at radius 1 is 0.882 bits per heavy atom. The quantitative estimate of drug-likeness (QED) is 0.296. The first-order chi connectivity index (χ1) is 16.6. The molecular weight excluding hydrogens is 446 g/mol. The van der Waals surface area contributed by atoms with E-state index in [9.17, 15) is 14.9 Å². The molecule has 0 spiro atoms. The summed E-state index contributed by atoms with van der Waals surface area (Å²) < 4.78 is 2.01. The molecule has 1 aliphatic heterocycles. The van der Waals surface area contributed by atoms with Crippen molar-refractivity contribution < 1.29 is 9.59 Å². The highest BCUT2D eigenvalue weighted by Crippen LogP contribution is 2.31.